The molecule has 0 radical (unpaired) electrons. The van der Waals surface area contributed by atoms with Gasteiger partial charge in [0.05, 0.1) is 11.7 Å². The second kappa shape index (κ2) is 7.01. The van der Waals surface area contributed by atoms with Crippen LogP contribution in [0.15, 0.2) is 29.4 Å². The van der Waals surface area contributed by atoms with Gasteiger partial charge in [0.25, 0.3) is 0 Å². The van der Waals surface area contributed by atoms with Crippen LogP contribution in [0.2, 0.25) is 0 Å². The van der Waals surface area contributed by atoms with Gasteiger partial charge in [-0.05, 0) is 37.8 Å². The van der Waals surface area contributed by atoms with E-state index in [9.17, 15) is 8.42 Å². The van der Waals surface area contributed by atoms with Crippen LogP contribution in [0.4, 0.5) is 0 Å². The summed E-state index contributed by atoms with van der Waals surface area (Å²) in [6.45, 7) is 3.89. The number of hydrogen-bond donors (Lipinski definition) is 0. The van der Waals surface area contributed by atoms with E-state index in [0.717, 1.165) is 43.4 Å². The average molecular weight is 393 g/mol. The van der Waals surface area contributed by atoms with E-state index in [1.165, 1.54) is 0 Å². The fourth-order valence-corrected chi connectivity index (χ4v) is 5.81. The zero-order chi connectivity index (χ0) is 18.1. The van der Waals surface area contributed by atoms with Crippen molar-refractivity contribution in [2.24, 2.45) is 5.92 Å². The van der Waals surface area contributed by atoms with Gasteiger partial charge in [-0.1, -0.05) is 6.07 Å². The number of fused-ring (bicyclic) bond motifs is 1. The molecule has 1 atom stereocenters. The molecule has 26 heavy (non-hydrogen) atoms. The molecule has 0 spiro atoms. The lowest BCUT2D eigenvalue weighted by Gasteiger charge is -2.31. The van der Waals surface area contributed by atoms with Gasteiger partial charge in [-0.2, -0.15) is 13.1 Å². The first-order valence-electron chi connectivity index (χ1n) is 8.67. The number of aryl methyl sites for hydroxylation is 1. The Hall–Kier alpha value is -1.91. The second-order valence-electron chi connectivity index (χ2n) is 6.50. The molecular weight excluding hydrogens is 372 g/mol. The quantitative estimate of drug-likeness (QED) is 0.659. The third-order valence-electron chi connectivity index (χ3n) is 4.86. The lowest BCUT2D eigenvalue weighted by atomic mass is 9.96. The van der Waals surface area contributed by atoms with Crippen molar-refractivity contribution in [1.29, 1.82) is 0 Å². The first kappa shape index (κ1) is 17.5. The zero-order valence-corrected chi connectivity index (χ0v) is 16.1. The maximum Gasteiger partial charge on any atom is 0.245 e. The van der Waals surface area contributed by atoms with Crippen molar-refractivity contribution >= 4 is 32.8 Å². The molecule has 1 saturated heterocycles. The van der Waals surface area contributed by atoms with E-state index in [1.807, 2.05) is 11.5 Å². The summed E-state index contributed by atoms with van der Waals surface area (Å²) in [5.74, 6) is 1.16. The lowest BCUT2D eigenvalue weighted by Crippen LogP contribution is -2.40. The SMILES string of the molecule is CCn1cnnc1CC1CCCN(S(=O)(=O)c2cccc3nsnc23)C1. The van der Waals surface area contributed by atoms with E-state index in [1.54, 1.807) is 28.8 Å². The van der Waals surface area contributed by atoms with Crippen molar-refractivity contribution in [1.82, 2.24) is 27.8 Å². The molecule has 0 amide bonds. The summed E-state index contributed by atoms with van der Waals surface area (Å²) in [6.07, 6.45) is 4.30. The van der Waals surface area contributed by atoms with Crippen LogP contribution in [0.3, 0.4) is 0 Å². The molecule has 3 heterocycles. The summed E-state index contributed by atoms with van der Waals surface area (Å²) < 4.78 is 38.3. The Labute approximate surface area is 156 Å². The fraction of sp³-hybridized carbons (Fsp3) is 0.500. The molecule has 138 valence electrons. The number of rotatable bonds is 5. The molecule has 3 aromatic rings. The Morgan fingerprint density at radius 3 is 3.04 bits per heavy atom. The van der Waals surface area contributed by atoms with Gasteiger partial charge in [0.2, 0.25) is 10.0 Å². The molecule has 0 aliphatic carbocycles. The maximum atomic E-state index is 13.2. The minimum Gasteiger partial charge on any atom is -0.318 e. The molecular formula is C16H20N6O2S2. The standard InChI is InChI=1S/C16H20N6O2S2/c1-2-21-11-17-18-15(21)9-12-5-4-8-22(10-12)26(23,24)14-7-3-6-13-16(14)20-25-19-13/h3,6-7,11-12H,2,4-5,8-10H2,1H3. The van der Waals surface area contributed by atoms with E-state index >= 15 is 0 Å². The first-order chi connectivity index (χ1) is 12.6. The van der Waals surface area contributed by atoms with Crippen LogP contribution in [-0.4, -0.2) is 49.3 Å². The van der Waals surface area contributed by atoms with Crippen LogP contribution < -0.4 is 0 Å². The number of sulfonamides is 1. The van der Waals surface area contributed by atoms with Gasteiger partial charge in [0.1, 0.15) is 28.1 Å². The number of nitrogens with zero attached hydrogens (tertiary/aromatic N) is 6. The van der Waals surface area contributed by atoms with Crippen LogP contribution in [0.5, 0.6) is 0 Å². The molecule has 1 aliphatic rings. The van der Waals surface area contributed by atoms with E-state index in [0.29, 0.717) is 24.1 Å². The molecule has 0 saturated carbocycles. The summed E-state index contributed by atoms with van der Waals surface area (Å²) in [5.41, 5.74) is 1.09. The third-order valence-corrected chi connectivity index (χ3v) is 7.30. The van der Waals surface area contributed by atoms with E-state index in [2.05, 4.69) is 18.9 Å². The normalized spacial score (nSPS) is 19.2. The summed E-state index contributed by atoms with van der Waals surface area (Å²) >= 11 is 1.04. The minimum absolute atomic E-state index is 0.237. The van der Waals surface area contributed by atoms with E-state index < -0.39 is 10.0 Å². The van der Waals surface area contributed by atoms with Crippen LogP contribution in [-0.2, 0) is 23.0 Å². The molecule has 4 rings (SSSR count). The maximum absolute atomic E-state index is 13.2. The molecule has 1 aliphatic heterocycles. The molecule has 1 fully saturated rings. The summed E-state index contributed by atoms with van der Waals surface area (Å²) in [7, 11) is -3.59. The first-order valence-corrected chi connectivity index (χ1v) is 10.8. The van der Waals surface area contributed by atoms with Gasteiger partial charge in [-0.25, -0.2) is 8.42 Å². The Bertz CT molecular complexity index is 1010. The number of piperidine rings is 1. The van der Waals surface area contributed by atoms with Gasteiger partial charge >= 0.3 is 0 Å². The Kier molecular flexibility index (Phi) is 4.72. The molecule has 0 bridgehead atoms. The largest absolute Gasteiger partial charge is 0.318 e. The van der Waals surface area contributed by atoms with Crippen molar-refractivity contribution in [3.63, 3.8) is 0 Å². The molecule has 10 heteroatoms. The average Bonchev–Trinajstić information content (AvgIpc) is 3.30. The molecule has 1 aromatic carbocycles. The highest BCUT2D eigenvalue weighted by Crippen LogP contribution is 2.29. The second-order valence-corrected chi connectivity index (χ2v) is 8.93. The summed E-state index contributed by atoms with van der Waals surface area (Å²) in [5, 5.41) is 8.16. The van der Waals surface area contributed by atoms with Crippen LogP contribution in [0.1, 0.15) is 25.6 Å². The zero-order valence-electron chi connectivity index (χ0n) is 14.4. The molecule has 8 nitrogen and oxygen atoms in total. The van der Waals surface area contributed by atoms with Gasteiger partial charge in [0.15, 0.2) is 0 Å². The molecule has 1 unspecified atom stereocenters. The van der Waals surface area contributed by atoms with E-state index in [4.69, 9.17) is 0 Å². The highest BCUT2D eigenvalue weighted by Gasteiger charge is 2.32. The van der Waals surface area contributed by atoms with Crippen LogP contribution in [0, 0.1) is 5.92 Å². The fourth-order valence-electron chi connectivity index (χ4n) is 3.50. The van der Waals surface area contributed by atoms with Crippen LogP contribution >= 0.6 is 11.7 Å². The topological polar surface area (TPSA) is 93.9 Å². The van der Waals surface area contributed by atoms with Gasteiger partial charge in [-0.15, -0.1) is 10.2 Å². The Morgan fingerprint density at radius 1 is 1.31 bits per heavy atom. The van der Waals surface area contributed by atoms with Crippen molar-refractivity contribution in [3.8, 4) is 0 Å². The predicted molar refractivity (Wildman–Crippen MR) is 98.3 cm³/mol. The lowest BCUT2D eigenvalue weighted by molar-refractivity contribution is 0.261. The highest BCUT2D eigenvalue weighted by molar-refractivity contribution is 7.89. The van der Waals surface area contributed by atoms with Crippen molar-refractivity contribution in [2.45, 2.75) is 37.6 Å². The highest BCUT2D eigenvalue weighted by atomic mass is 32.2. The number of aromatic nitrogens is 5. The van der Waals surface area contributed by atoms with Crippen LogP contribution in [0.25, 0.3) is 11.0 Å². The van der Waals surface area contributed by atoms with Gasteiger partial charge < -0.3 is 4.57 Å². The number of hydrogen-bond acceptors (Lipinski definition) is 7. The molecule has 2 aromatic heterocycles. The minimum atomic E-state index is -3.59. The molecule has 0 N–H and O–H groups in total. The monoisotopic (exact) mass is 392 g/mol. The summed E-state index contributed by atoms with van der Waals surface area (Å²) in [4.78, 5) is 0.251. The van der Waals surface area contributed by atoms with Crippen molar-refractivity contribution < 1.29 is 8.42 Å². The van der Waals surface area contributed by atoms with Gasteiger partial charge in [0, 0.05) is 26.1 Å². The summed E-state index contributed by atoms with van der Waals surface area (Å²) in [6, 6.07) is 5.13. The third kappa shape index (κ3) is 3.12. The smallest absolute Gasteiger partial charge is 0.245 e. The van der Waals surface area contributed by atoms with E-state index in [-0.39, 0.29) is 10.8 Å². The predicted octanol–water partition coefficient (Wildman–Crippen LogP) is 1.95. The van der Waals surface area contributed by atoms with Crippen molar-refractivity contribution in [3.05, 3.63) is 30.4 Å². The Balaban J connectivity index is 1.58. The van der Waals surface area contributed by atoms with Crippen molar-refractivity contribution in [2.75, 3.05) is 13.1 Å². The van der Waals surface area contributed by atoms with Gasteiger partial charge in [-0.3, -0.25) is 0 Å². The number of benzene rings is 1. The Morgan fingerprint density at radius 2 is 2.19 bits per heavy atom.